The Bertz CT molecular complexity index is 604. The average molecular weight is 535 g/mol. The molecule has 0 bridgehead atoms. The summed E-state index contributed by atoms with van der Waals surface area (Å²) in [6.07, 6.45) is 32.5. The summed E-state index contributed by atoms with van der Waals surface area (Å²) >= 11 is 0. The third-order valence-corrected chi connectivity index (χ3v) is 8.58. The second-order valence-corrected chi connectivity index (χ2v) is 12.1. The number of carbonyl (C=O) groups is 2. The Morgan fingerprint density at radius 3 is 1.53 bits per heavy atom. The summed E-state index contributed by atoms with van der Waals surface area (Å²) in [7, 11) is 0. The first-order valence-corrected chi connectivity index (χ1v) is 16.6. The predicted octanol–water partition coefficient (Wildman–Crippen LogP) is 10.6. The molecule has 0 aromatic heterocycles. The van der Waals surface area contributed by atoms with Crippen molar-refractivity contribution in [2.45, 2.75) is 181 Å². The van der Waals surface area contributed by atoms with Crippen LogP contribution in [-0.2, 0) is 14.3 Å². The second-order valence-electron chi connectivity index (χ2n) is 12.1. The molecule has 0 fully saturated rings. The van der Waals surface area contributed by atoms with Gasteiger partial charge in [-0.2, -0.15) is 0 Å². The van der Waals surface area contributed by atoms with Gasteiger partial charge in [0.15, 0.2) is 0 Å². The van der Waals surface area contributed by atoms with Crippen molar-refractivity contribution in [2.24, 2.45) is 11.3 Å². The highest BCUT2D eigenvalue weighted by atomic mass is 16.5. The molecule has 1 N–H and O–H groups in total. The lowest BCUT2D eigenvalue weighted by Crippen LogP contribution is -2.42. The van der Waals surface area contributed by atoms with Gasteiger partial charge in [-0.3, -0.25) is 9.59 Å². The van der Waals surface area contributed by atoms with E-state index in [0.717, 1.165) is 25.7 Å². The molecular formula is C34H62O4. The fourth-order valence-electron chi connectivity index (χ4n) is 5.86. The quantitative estimate of drug-likeness (QED) is 0.0718. The molecule has 0 spiro atoms. The van der Waals surface area contributed by atoms with Gasteiger partial charge in [0.25, 0.3) is 0 Å². The van der Waals surface area contributed by atoms with Gasteiger partial charge in [-0.15, -0.1) is 0 Å². The van der Waals surface area contributed by atoms with Crippen molar-refractivity contribution < 1.29 is 19.4 Å². The Kier molecular flexibility index (Phi) is 20.5. The zero-order valence-corrected chi connectivity index (χ0v) is 25.5. The number of esters is 1. The highest BCUT2D eigenvalue weighted by molar-refractivity contribution is 5.86. The molecule has 2 unspecified atom stereocenters. The van der Waals surface area contributed by atoms with Crippen LogP contribution in [0.1, 0.15) is 175 Å². The van der Waals surface area contributed by atoms with E-state index in [1.807, 2.05) is 6.08 Å². The molecule has 0 saturated carbocycles. The number of hydrogen-bond donors (Lipinski definition) is 1. The average Bonchev–Trinajstić information content (AvgIpc) is 2.90. The van der Waals surface area contributed by atoms with Crippen LogP contribution in [0.3, 0.4) is 0 Å². The maximum atomic E-state index is 13.3. The van der Waals surface area contributed by atoms with Crippen LogP contribution >= 0.6 is 0 Å². The number of allylic oxidation sites excluding steroid dienone is 1. The summed E-state index contributed by atoms with van der Waals surface area (Å²) in [5, 5.41) is 9.72. The molecule has 1 rings (SSSR count). The molecular weight excluding hydrogens is 472 g/mol. The molecule has 222 valence electrons. The van der Waals surface area contributed by atoms with E-state index in [0.29, 0.717) is 12.8 Å². The summed E-state index contributed by atoms with van der Waals surface area (Å²) in [5.74, 6) is -1.94. The highest BCUT2D eigenvalue weighted by Gasteiger charge is 2.46. The molecule has 0 aromatic rings. The van der Waals surface area contributed by atoms with Gasteiger partial charge in [0.05, 0.1) is 11.3 Å². The Labute approximate surface area is 235 Å². The molecule has 38 heavy (non-hydrogen) atoms. The van der Waals surface area contributed by atoms with Gasteiger partial charge in [0, 0.05) is 0 Å². The van der Waals surface area contributed by atoms with E-state index in [2.05, 4.69) is 13.8 Å². The van der Waals surface area contributed by atoms with Crippen LogP contribution in [0.25, 0.3) is 0 Å². The summed E-state index contributed by atoms with van der Waals surface area (Å²) in [6.45, 7) is 6.28. The fraction of sp³-hybridized carbons (Fsp3) is 0.882. The smallest absolute Gasteiger partial charge is 0.316 e. The standard InChI is InChI=1S/C34H62O4/c1-4-6-8-10-12-14-16-18-20-22-26-30(27-23-21-19-17-15-13-11-9-7-5-2)38-33(37)34(3)29-25-24-28-31(34)32(35)36/h25,29-31H,4-24,26-28H2,1-3H3,(H,35,36). The monoisotopic (exact) mass is 534 g/mol. The summed E-state index contributed by atoms with van der Waals surface area (Å²) < 4.78 is 6.09. The lowest BCUT2D eigenvalue weighted by molar-refractivity contribution is -0.168. The van der Waals surface area contributed by atoms with Gasteiger partial charge >= 0.3 is 11.9 Å². The Balaban J connectivity index is 2.44. The van der Waals surface area contributed by atoms with Crippen molar-refractivity contribution in [2.75, 3.05) is 0 Å². The van der Waals surface area contributed by atoms with Gasteiger partial charge < -0.3 is 9.84 Å². The molecule has 0 saturated heterocycles. The van der Waals surface area contributed by atoms with Crippen LogP contribution in [0.15, 0.2) is 12.2 Å². The zero-order valence-electron chi connectivity index (χ0n) is 25.5. The second kappa shape index (κ2) is 22.5. The third-order valence-electron chi connectivity index (χ3n) is 8.58. The van der Waals surface area contributed by atoms with E-state index in [9.17, 15) is 14.7 Å². The van der Waals surface area contributed by atoms with Crippen LogP contribution < -0.4 is 0 Å². The van der Waals surface area contributed by atoms with Gasteiger partial charge in [-0.1, -0.05) is 142 Å². The summed E-state index contributed by atoms with van der Waals surface area (Å²) in [5.41, 5.74) is -1.06. The first kappa shape index (κ1) is 34.7. The first-order valence-electron chi connectivity index (χ1n) is 16.6. The highest BCUT2D eigenvalue weighted by Crippen LogP contribution is 2.38. The number of aliphatic carboxylic acids is 1. The number of unbranched alkanes of at least 4 members (excludes halogenated alkanes) is 18. The molecule has 0 heterocycles. The Morgan fingerprint density at radius 1 is 0.737 bits per heavy atom. The zero-order chi connectivity index (χ0) is 27.9. The van der Waals surface area contributed by atoms with E-state index in [4.69, 9.17) is 4.74 Å². The van der Waals surface area contributed by atoms with E-state index in [1.165, 1.54) is 116 Å². The number of carboxylic acid groups (broad SMARTS) is 1. The normalized spacial score (nSPS) is 19.2. The van der Waals surface area contributed by atoms with Crippen molar-refractivity contribution in [1.82, 2.24) is 0 Å². The van der Waals surface area contributed by atoms with Crippen molar-refractivity contribution in [3.05, 3.63) is 12.2 Å². The van der Waals surface area contributed by atoms with E-state index < -0.39 is 17.3 Å². The first-order chi connectivity index (χ1) is 18.5. The van der Waals surface area contributed by atoms with Gasteiger partial charge in [0.1, 0.15) is 6.10 Å². The minimum Gasteiger partial charge on any atom is -0.481 e. The van der Waals surface area contributed by atoms with Crippen LogP contribution in [0.5, 0.6) is 0 Å². The van der Waals surface area contributed by atoms with Crippen molar-refractivity contribution in [1.29, 1.82) is 0 Å². The predicted molar refractivity (Wildman–Crippen MR) is 160 cm³/mol. The van der Waals surface area contributed by atoms with E-state index in [1.54, 1.807) is 13.0 Å². The largest absolute Gasteiger partial charge is 0.481 e. The minimum absolute atomic E-state index is 0.0906. The molecule has 1 aliphatic rings. The summed E-state index contributed by atoms with van der Waals surface area (Å²) in [6, 6.07) is 0. The maximum Gasteiger partial charge on any atom is 0.316 e. The minimum atomic E-state index is -1.06. The van der Waals surface area contributed by atoms with Gasteiger partial charge in [-0.25, -0.2) is 0 Å². The Hall–Kier alpha value is -1.32. The number of carbonyl (C=O) groups excluding carboxylic acids is 1. The Morgan fingerprint density at radius 2 is 1.13 bits per heavy atom. The number of ether oxygens (including phenoxy) is 1. The molecule has 2 atom stereocenters. The molecule has 0 radical (unpaired) electrons. The molecule has 4 heteroatoms. The molecule has 4 nitrogen and oxygen atoms in total. The summed E-state index contributed by atoms with van der Waals surface area (Å²) in [4.78, 5) is 25.1. The number of rotatable bonds is 25. The van der Waals surface area contributed by atoms with Crippen molar-refractivity contribution in [3.63, 3.8) is 0 Å². The SMILES string of the molecule is CCCCCCCCCCCCC(CCCCCCCCCCCC)OC(=O)C1(C)C=CCCC1C(=O)O. The third kappa shape index (κ3) is 15.3. The van der Waals surface area contributed by atoms with Gasteiger partial charge in [0.2, 0.25) is 0 Å². The molecule has 0 aliphatic heterocycles. The molecule has 0 aromatic carbocycles. The molecule has 0 amide bonds. The topological polar surface area (TPSA) is 63.6 Å². The van der Waals surface area contributed by atoms with Crippen LogP contribution in [0, 0.1) is 11.3 Å². The maximum absolute atomic E-state index is 13.3. The van der Waals surface area contributed by atoms with E-state index in [-0.39, 0.29) is 12.1 Å². The van der Waals surface area contributed by atoms with Crippen LogP contribution in [0.4, 0.5) is 0 Å². The fourth-order valence-corrected chi connectivity index (χ4v) is 5.86. The van der Waals surface area contributed by atoms with Crippen molar-refractivity contribution >= 4 is 11.9 Å². The van der Waals surface area contributed by atoms with Crippen LogP contribution in [-0.4, -0.2) is 23.1 Å². The van der Waals surface area contributed by atoms with E-state index >= 15 is 0 Å². The lowest BCUT2D eigenvalue weighted by atomic mass is 9.71. The number of carboxylic acids is 1. The van der Waals surface area contributed by atoms with Crippen LogP contribution in [0.2, 0.25) is 0 Å². The van der Waals surface area contributed by atoms with Crippen molar-refractivity contribution in [3.8, 4) is 0 Å². The lowest BCUT2D eigenvalue weighted by Gasteiger charge is -2.34. The number of hydrogen-bond acceptors (Lipinski definition) is 3. The van der Waals surface area contributed by atoms with Gasteiger partial charge in [-0.05, 0) is 45.4 Å². The molecule has 1 aliphatic carbocycles.